The summed E-state index contributed by atoms with van der Waals surface area (Å²) >= 11 is 5.28. The minimum atomic E-state index is -0.353. The molecule has 0 aliphatic heterocycles. The van der Waals surface area contributed by atoms with Crippen molar-refractivity contribution in [3.05, 3.63) is 0 Å². The van der Waals surface area contributed by atoms with Gasteiger partial charge in [-0.3, -0.25) is 4.79 Å². The van der Waals surface area contributed by atoms with Gasteiger partial charge in [-0.05, 0) is 18.0 Å². The fourth-order valence-electron chi connectivity index (χ4n) is 1.22. The summed E-state index contributed by atoms with van der Waals surface area (Å²) in [5.74, 6) is 0. The van der Waals surface area contributed by atoms with Crippen molar-refractivity contribution < 1.29 is 4.79 Å². The molecular weight excluding hydrogens is 186 g/mol. The van der Waals surface area contributed by atoms with Crippen molar-refractivity contribution in [2.24, 2.45) is 0 Å². The molecule has 0 spiro atoms. The lowest BCUT2D eigenvalue weighted by molar-refractivity contribution is 0.231. The van der Waals surface area contributed by atoms with Crippen molar-refractivity contribution in [1.82, 2.24) is 4.90 Å². The summed E-state index contributed by atoms with van der Waals surface area (Å²) in [6, 6.07) is 0. The molecule has 0 aliphatic rings. The van der Waals surface area contributed by atoms with Gasteiger partial charge in [0.2, 0.25) is 0 Å². The molecule has 0 saturated heterocycles. The van der Waals surface area contributed by atoms with Crippen LogP contribution in [0.5, 0.6) is 0 Å². The average molecular weight is 206 g/mol. The lowest BCUT2D eigenvalue weighted by Crippen LogP contribution is -2.21. The van der Waals surface area contributed by atoms with Gasteiger partial charge in [0.15, 0.2) is 0 Å². The van der Waals surface area contributed by atoms with Crippen LogP contribution >= 0.6 is 11.6 Å². The van der Waals surface area contributed by atoms with E-state index in [2.05, 4.69) is 6.92 Å². The SMILES string of the molecule is CCCCCCCCN(C)C(=O)Cl. The van der Waals surface area contributed by atoms with Crippen molar-refractivity contribution in [3.63, 3.8) is 0 Å². The maximum Gasteiger partial charge on any atom is 0.316 e. The molecule has 0 aliphatic carbocycles. The molecule has 3 heteroatoms. The molecule has 0 saturated carbocycles. The smallest absolute Gasteiger partial charge is 0.316 e. The van der Waals surface area contributed by atoms with Gasteiger partial charge in [0.05, 0.1) is 0 Å². The van der Waals surface area contributed by atoms with Crippen molar-refractivity contribution in [3.8, 4) is 0 Å². The Labute approximate surface area is 86.2 Å². The van der Waals surface area contributed by atoms with Crippen LogP contribution in [0.4, 0.5) is 4.79 Å². The van der Waals surface area contributed by atoms with E-state index in [0.717, 1.165) is 13.0 Å². The first-order valence-electron chi connectivity index (χ1n) is 5.09. The number of amides is 1. The molecule has 13 heavy (non-hydrogen) atoms. The average Bonchev–Trinajstić information content (AvgIpc) is 2.10. The normalized spacial score (nSPS) is 10.1. The Morgan fingerprint density at radius 2 is 1.69 bits per heavy atom. The Hall–Kier alpha value is -0.240. The highest BCUT2D eigenvalue weighted by Gasteiger charge is 2.02. The van der Waals surface area contributed by atoms with E-state index in [1.165, 1.54) is 32.1 Å². The third-order valence-electron chi connectivity index (χ3n) is 2.15. The molecule has 0 atom stereocenters. The topological polar surface area (TPSA) is 20.3 Å². The van der Waals surface area contributed by atoms with Gasteiger partial charge in [-0.2, -0.15) is 0 Å². The van der Waals surface area contributed by atoms with Crippen LogP contribution in [0.1, 0.15) is 45.4 Å². The number of carbonyl (C=O) groups is 1. The van der Waals surface area contributed by atoms with Crippen LogP contribution in [0.2, 0.25) is 0 Å². The van der Waals surface area contributed by atoms with Crippen LogP contribution in [-0.4, -0.2) is 23.9 Å². The Bertz CT molecular complexity index is 139. The number of hydrogen-bond acceptors (Lipinski definition) is 1. The first-order valence-corrected chi connectivity index (χ1v) is 5.47. The van der Waals surface area contributed by atoms with E-state index in [1.807, 2.05) is 0 Å². The zero-order valence-corrected chi connectivity index (χ0v) is 9.44. The summed E-state index contributed by atoms with van der Waals surface area (Å²) in [7, 11) is 1.74. The van der Waals surface area contributed by atoms with Crippen molar-refractivity contribution >= 4 is 17.0 Å². The minimum Gasteiger partial charge on any atom is -0.332 e. The number of unbranched alkanes of at least 4 members (excludes halogenated alkanes) is 5. The second-order valence-corrected chi connectivity index (χ2v) is 3.77. The monoisotopic (exact) mass is 205 g/mol. The summed E-state index contributed by atoms with van der Waals surface area (Å²) in [5.41, 5.74) is 0. The lowest BCUT2D eigenvalue weighted by Gasteiger charge is -2.12. The van der Waals surface area contributed by atoms with Gasteiger partial charge in [-0.15, -0.1) is 0 Å². The van der Waals surface area contributed by atoms with E-state index < -0.39 is 0 Å². The fraction of sp³-hybridized carbons (Fsp3) is 0.900. The molecule has 0 unspecified atom stereocenters. The van der Waals surface area contributed by atoms with Crippen molar-refractivity contribution in [2.75, 3.05) is 13.6 Å². The van der Waals surface area contributed by atoms with Gasteiger partial charge in [0, 0.05) is 13.6 Å². The van der Waals surface area contributed by atoms with E-state index >= 15 is 0 Å². The lowest BCUT2D eigenvalue weighted by atomic mass is 10.1. The molecule has 0 aromatic carbocycles. The number of rotatable bonds is 7. The molecule has 0 bridgehead atoms. The van der Waals surface area contributed by atoms with Crippen LogP contribution in [0.25, 0.3) is 0 Å². The van der Waals surface area contributed by atoms with E-state index in [1.54, 1.807) is 11.9 Å². The van der Waals surface area contributed by atoms with Crippen LogP contribution in [0.15, 0.2) is 0 Å². The molecule has 0 aromatic rings. The van der Waals surface area contributed by atoms with Gasteiger partial charge >= 0.3 is 5.37 Å². The van der Waals surface area contributed by atoms with E-state index in [-0.39, 0.29) is 5.37 Å². The zero-order chi connectivity index (χ0) is 10.1. The highest BCUT2D eigenvalue weighted by molar-refractivity contribution is 6.62. The molecule has 0 radical (unpaired) electrons. The molecule has 0 fully saturated rings. The quantitative estimate of drug-likeness (QED) is 0.353. The van der Waals surface area contributed by atoms with Crippen molar-refractivity contribution in [2.45, 2.75) is 45.4 Å². The molecule has 0 heterocycles. The van der Waals surface area contributed by atoms with Crippen LogP contribution in [0.3, 0.4) is 0 Å². The predicted octanol–water partition coefficient (Wildman–Crippen LogP) is 3.64. The zero-order valence-electron chi connectivity index (χ0n) is 8.68. The maximum atomic E-state index is 10.6. The van der Waals surface area contributed by atoms with Crippen molar-refractivity contribution in [1.29, 1.82) is 0 Å². The number of halogens is 1. The second kappa shape index (κ2) is 8.36. The Balaban J connectivity index is 3.11. The third kappa shape index (κ3) is 8.10. The van der Waals surface area contributed by atoms with Gasteiger partial charge in [0.25, 0.3) is 0 Å². The molecule has 2 nitrogen and oxygen atoms in total. The van der Waals surface area contributed by atoms with E-state index in [4.69, 9.17) is 11.6 Å². The highest BCUT2D eigenvalue weighted by Crippen LogP contribution is 2.05. The maximum absolute atomic E-state index is 10.6. The Morgan fingerprint density at radius 1 is 1.15 bits per heavy atom. The fourth-order valence-corrected chi connectivity index (χ4v) is 1.30. The first-order chi connectivity index (χ1) is 6.18. The number of nitrogens with zero attached hydrogens (tertiary/aromatic N) is 1. The first kappa shape index (κ1) is 12.8. The van der Waals surface area contributed by atoms with Gasteiger partial charge in [0.1, 0.15) is 0 Å². The summed E-state index contributed by atoms with van der Waals surface area (Å²) in [6.45, 7) is 2.99. The number of hydrogen-bond donors (Lipinski definition) is 0. The Morgan fingerprint density at radius 3 is 2.23 bits per heavy atom. The molecule has 1 amide bonds. The summed E-state index contributed by atoms with van der Waals surface area (Å²) in [6.07, 6.45) is 7.46. The Kier molecular flexibility index (Phi) is 8.21. The summed E-state index contributed by atoms with van der Waals surface area (Å²) < 4.78 is 0. The third-order valence-corrected chi connectivity index (χ3v) is 2.44. The predicted molar refractivity (Wildman–Crippen MR) is 57.3 cm³/mol. The number of carbonyl (C=O) groups excluding carboxylic acids is 1. The molecule has 0 aromatic heterocycles. The largest absolute Gasteiger partial charge is 0.332 e. The van der Waals surface area contributed by atoms with Gasteiger partial charge in [-0.25, -0.2) is 0 Å². The summed E-state index contributed by atoms with van der Waals surface area (Å²) in [4.78, 5) is 12.2. The van der Waals surface area contributed by atoms with Gasteiger partial charge in [-0.1, -0.05) is 39.0 Å². The molecule has 78 valence electrons. The second-order valence-electron chi connectivity index (χ2n) is 3.44. The molecule has 0 rings (SSSR count). The van der Waals surface area contributed by atoms with Crippen LogP contribution < -0.4 is 0 Å². The van der Waals surface area contributed by atoms with Crippen LogP contribution in [0, 0.1) is 0 Å². The van der Waals surface area contributed by atoms with Crippen LogP contribution in [-0.2, 0) is 0 Å². The standard InChI is InChI=1S/C10H20ClNO/c1-3-4-5-6-7-8-9-12(2)10(11)13/h3-9H2,1-2H3. The molecular formula is C10H20ClNO. The molecule has 0 N–H and O–H groups in total. The summed E-state index contributed by atoms with van der Waals surface area (Å²) in [5, 5.41) is -0.353. The minimum absolute atomic E-state index is 0.353. The van der Waals surface area contributed by atoms with E-state index in [0.29, 0.717) is 0 Å². The van der Waals surface area contributed by atoms with Gasteiger partial charge < -0.3 is 4.90 Å². The van der Waals surface area contributed by atoms with E-state index in [9.17, 15) is 4.79 Å². The highest BCUT2D eigenvalue weighted by atomic mass is 35.5.